The lowest BCUT2D eigenvalue weighted by Gasteiger charge is -2.04. The van der Waals surface area contributed by atoms with Crippen molar-refractivity contribution < 1.29 is 0 Å². The van der Waals surface area contributed by atoms with Crippen LogP contribution in [0, 0.1) is 0 Å². The molecule has 0 bridgehead atoms. The highest BCUT2D eigenvalue weighted by Gasteiger charge is 2.08. The number of nitrogens with one attached hydrogen (secondary N) is 1. The Morgan fingerprint density at radius 2 is 1.76 bits per heavy atom. The number of hydrogen-bond acceptors (Lipinski definition) is 3. The zero-order chi connectivity index (χ0) is 11.7. The first kappa shape index (κ1) is 10.3. The molecule has 84 valence electrons. The second kappa shape index (κ2) is 4.18. The maximum absolute atomic E-state index is 4.67. The van der Waals surface area contributed by atoms with Crippen molar-refractivity contribution in [2.45, 2.75) is 0 Å². The van der Waals surface area contributed by atoms with Crippen LogP contribution in [0.25, 0.3) is 20.8 Å². The lowest BCUT2D eigenvalue weighted by atomic mass is 10.2. The zero-order valence-electron chi connectivity index (χ0n) is 9.47. The molecule has 17 heavy (non-hydrogen) atoms. The molecule has 0 spiro atoms. The first-order valence-corrected chi connectivity index (χ1v) is 6.33. The Labute approximate surface area is 104 Å². The van der Waals surface area contributed by atoms with Crippen LogP contribution in [0.15, 0.2) is 48.5 Å². The highest BCUT2D eigenvalue weighted by molar-refractivity contribution is 7.21. The number of anilines is 1. The van der Waals surface area contributed by atoms with Crippen molar-refractivity contribution in [2.24, 2.45) is 0 Å². The summed E-state index contributed by atoms with van der Waals surface area (Å²) in [7, 11) is 1.94. The number of benzene rings is 2. The molecule has 1 heterocycles. The van der Waals surface area contributed by atoms with E-state index in [4.69, 9.17) is 0 Å². The number of thiazole rings is 1. The van der Waals surface area contributed by atoms with Gasteiger partial charge in [0.1, 0.15) is 5.01 Å². The molecule has 0 aliphatic rings. The minimum absolute atomic E-state index is 1.07. The van der Waals surface area contributed by atoms with Crippen molar-refractivity contribution in [1.29, 1.82) is 0 Å². The molecule has 3 aromatic rings. The number of para-hydroxylation sites is 2. The highest BCUT2D eigenvalue weighted by atomic mass is 32.1. The van der Waals surface area contributed by atoms with Crippen LogP contribution in [0.1, 0.15) is 0 Å². The molecule has 0 amide bonds. The van der Waals surface area contributed by atoms with Gasteiger partial charge >= 0.3 is 0 Å². The molecular formula is C14H12N2S. The Kier molecular flexibility index (Phi) is 2.53. The van der Waals surface area contributed by atoms with E-state index in [-0.39, 0.29) is 0 Å². The summed E-state index contributed by atoms with van der Waals surface area (Å²) in [6.07, 6.45) is 0. The van der Waals surface area contributed by atoms with Crippen molar-refractivity contribution in [3.05, 3.63) is 48.5 Å². The largest absolute Gasteiger partial charge is 0.388 e. The van der Waals surface area contributed by atoms with Gasteiger partial charge in [-0.05, 0) is 24.3 Å². The predicted molar refractivity (Wildman–Crippen MR) is 74.6 cm³/mol. The third-order valence-electron chi connectivity index (χ3n) is 2.72. The molecule has 3 rings (SSSR count). The average Bonchev–Trinajstić information content (AvgIpc) is 2.82. The van der Waals surface area contributed by atoms with Gasteiger partial charge in [0.05, 0.1) is 10.2 Å². The number of aromatic nitrogens is 1. The zero-order valence-corrected chi connectivity index (χ0v) is 10.3. The summed E-state index contributed by atoms with van der Waals surface area (Å²) in [4.78, 5) is 4.67. The Morgan fingerprint density at radius 1 is 1.00 bits per heavy atom. The van der Waals surface area contributed by atoms with Crippen LogP contribution in [0.3, 0.4) is 0 Å². The van der Waals surface area contributed by atoms with Crippen molar-refractivity contribution in [2.75, 3.05) is 12.4 Å². The van der Waals surface area contributed by atoms with Gasteiger partial charge in [-0.1, -0.05) is 24.3 Å². The van der Waals surface area contributed by atoms with E-state index in [1.165, 1.54) is 4.70 Å². The van der Waals surface area contributed by atoms with Gasteiger partial charge in [-0.3, -0.25) is 0 Å². The SMILES string of the molecule is CNc1ccccc1-c1nc2ccccc2s1. The fourth-order valence-electron chi connectivity index (χ4n) is 1.88. The van der Waals surface area contributed by atoms with E-state index < -0.39 is 0 Å². The summed E-state index contributed by atoms with van der Waals surface area (Å²) >= 11 is 1.73. The molecule has 2 aromatic carbocycles. The molecule has 0 radical (unpaired) electrons. The van der Waals surface area contributed by atoms with Crippen molar-refractivity contribution in [1.82, 2.24) is 4.98 Å². The Hall–Kier alpha value is -1.87. The van der Waals surface area contributed by atoms with Crippen molar-refractivity contribution in [3.63, 3.8) is 0 Å². The van der Waals surface area contributed by atoms with E-state index in [2.05, 4.69) is 34.6 Å². The Balaban J connectivity index is 2.20. The van der Waals surface area contributed by atoms with Crippen LogP contribution in [0.4, 0.5) is 5.69 Å². The van der Waals surface area contributed by atoms with E-state index >= 15 is 0 Å². The van der Waals surface area contributed by atoms with Crippen LogP contribution in [0.2, 0.25) is 0 Å². The van der Waals surface area contributed by atoms with Gasteiger partial charge in [0.15, 0.2) is 0 Å². The normalized spacial score (nSPS) is 10.6. The molecular weight excluding hydrogens is 228 g/mol. The van der Waals surface area contributed by atoms with Crippen molar-refractivity contribution >= 4 is 27.2 Å². The second-order valence-corrected chi connectivity index (χ2v) is 4.81. The van der Waals surface area contributed by atoms with Crippen LogP contribution < -0.4 is 5.32 Å². The molecule has 0 fully saturated rings. The molecule has 0 aliphatic carbocycles. The third-order valence-corrected chi connectivity index (χ3v) is 3.79. The quantitative estimate of drug-likeness (QED) is 0.732. The van der Waals surface area contributed by atoms with Gasteiger partial charge in [0, 0.05) is 18.3 Å². The van der Waals surface area contributed by atoms with Crippen LogP contribution >= 0.6 is 11.3 Å². The van der Waals surface area contributed by atoms with Gasteiger partial charge < -0.3 is 5.32 Å². The topological polar surface area (TPSA) is 24.9 Å². The van der Waals surface area contributed by atoms with Crippen LogP contribution in [-0.4, -0.2) is 12.0 Å². The minimum Gasteiger partial charge on any atom is -0.388 e. The first-order valence-electron chi connectivity index (χ1n) is 5.51. The molecule has 2 nitrogen and oxygen atoms in total. The predicted octanol–water partition coefficient (Wildman–Crippen LogP) is 4.01. The lowest BCUT2D eigenvalue weighted by molar-refractivity contribution is 1.45. The lowest BCUT2D eigenvalue weighted by Crippen LogP contribution is -1.90. The molecule has 1 N–H and O–H groups in total. The van der Waals surface area contributed by atoms with Crippen molar-refractivity contribution in [3.8, 4) is 10.6 Å². The average molecular weight is 240 g/mol. The van der Waals surface area contributed by atoms with E-state index in [0.29, 0.717) is 0 Å². The third kappa shape index (κ3) is 1.78. The maximum atomic E-state index is 4.67. The summed E-state index contributed by atoms with van der Waals surface area (Å²) in [5.41, 5.74) is 3.35. The molecule has 0 atom stereocenters. The van der Waals surface area contributed by atoms with Gasteiger partial charge in [-0.25, -0.2) is 4.98 Å². The molecule has 0 saturated carbocycles. The summed E-state index contributed by atoms with van der Waals surface area (Å²) in [6.45, 7) is 0. The monoisotopic (exact) mass is 240 g/mol. The molecule has 3 heteroatoms. The second-order valence-electron chi connectivity index (χ2n) is 3.78. The maximum Gasteiger partial charge on any atom is 0.126 e. The fraction of sp³-hybridized carbons (Fsp3) is 0.0714. The minimum atomic E-state index is 1.07. The van der Waals surface area contributed by atoms with Crippen LogP contribution in [-0.2, 0) is 0 Å². The Morgan fingerprint density at radius 3 is 2.59 bits per heavy atom. The van der Waals surface area contributed by atoms with Crippen LogP contribution in [0.5, 0.6) is 0 Å². The fourth-order valence-corrected chi connectivity index (χ4v) is 2.88. The number of hydrogen-bond donors (Lipinski definition) is 1. The highest BCUT2D eigenvalue weighted by Crippen LogP contribution is 2.33. The number of rotatable bonds is 2. The molecule has 0 unspecified atom stereocenters. The molecule has 0 saturated heterocycles. The number of nitrogens with zero attached hydrogens (tertiary/aromatic N) is 1. The van der Waals surface area contributed by atoms with Gasteiger partial charge in [0.2, 0.25) is 0 Å². The summed E-state index contributed by atoms with van der Waals surface area (Å²) in [6, 6.07) is 16.5. The summed E-state index contributed by atoms with van der Waals surface area (Å²) in [5.74, 6) is 0. The van der Waals surface area contributed by atoms with E-state index in [1.54, 1.807) is 11.3 Å². The van der Waals surface area contributed by atoms with E-state index in [0.717, 1.165) is 21.8 Å². The van der Waals surface area contributed by atoms with Gasteiger partial charge in [0.25, 0.3) is 0 Å². The molecule has 0 aliphatic heterocycles. The number of fused-ring (bicyclic) bond motifs is 1. The standard InChI is InChI=1S/C14H12N2S/c1-15-11-7-3-2-6-10(11)14-16-12-8-4-5-9-13(12)17-14/h2-9,15H,1H3. The Bertz CT molecular complexity index is 625. The summed E-state index contributed by atoms with van der Waals surface area (Å²) in [5, 5.41) is 4.27. The first-order chi connectivity index (χ1) is 8.38. The summed E-state index contributed by atoms with van der Waals surface area (Å²) < 4.78 is 1.23. The van der Waals surface area contributed by atoms with Gasteiger partial charge in [-0.15, -0.1) is 11.3 Å². The smallest absolute Gasteiger partial charge is 0.126 e. The van der Waals surface area contributed by atoms with E-state index in [1.807, 2.05) is 31.3 Å². The molecule has 1 aromatic heterocycles. The van der Waals surface area contributed by atoms with Gasteiger partial charge in [-0.2, -0.15) is 0 Å². The van der Waals surface area contributed by atoms with E-state index in [9.17, 15) is 0 Å².